The third kappa shape index (κ3) is 4.82. The second kappa shape index (κ2) is 9.68. The number of methoxy groups -OCH3 is 1. The van der Waals surface area contributed by atoms with Crippen LogP contribution in [0.15, 0.2) is 59.1 Å². The highest BCUT2D eigenvalue weighted by Crippen LogP contribution is 2.33. The first-order valence-electron chi connectivity index (χ1n) is 10.7. The zero-order valence-corrected chi connectivity index (χ0v) is 18.2. The molecule has 1 saturated heterocycles. The number of carbonyl (C=O) groups excluding carboxylic acids is 2. The van der Waals surface area contributed by atoms with Crippen LogP contribution in [-0.2, 0) is 6.61 Å². The Morgan fingerprint density at radius 3 is 2.66 bits per heavy atom. The van der Waals surface area contributed by atoms with E-state index in [0.29, 0.717) is 23.6 Å². The van der Waals surface area contributed by atoms with Gasteiger partial charge >= 0.3 is 0 Å². The van der Waals surface area contributed by atoms with E-state index in [1.807, 2.05) is 29.2 Å². The fourth-order valence-electron chi connectivity index (χ4n) is 3.94. The van der Waals surface area contributed by atoms with Crippen molar-refractivity contribution in [2.24, 2.45) is 0 Å². The van der Waals surface area contributed by atoms with E-state index >= 15 is 0 Å². The standard InChI is InChI=1S/C25H26N2O5/c1-17(28)18-9-11-20(12-10-18)31-16-22-15-23(26-32-22)25(29)27-13-4-3-8-24(27)19-6-5-7-21(14-19)30-2/h5-7,9-12,14-15,24H,3-4,8,13,16H2,1-2H3/t24-/m1/s1. The van der Waals surface area contributed by atoms with Crippen LogP contribution in [0.4, 0.5) is 0 Å². The molecular formula is C25H26N2O5. The molecule has 0 radical (unpaired) electrons. The highest BCUT2D eigenvalue weighted by atomic mass is 16.5. The second-order valence-electron chi connectivity index (χ2n) is 7.83. The van der Waals surface area contributed by atoms with E-state index in [2.05, 4.69) is 5.16 Å². The van der Waals surface area contributed by atoms with Gasteiger partial charge in [-0.1, -0.05) is 17.3 Å². The van der Waals surface area contributed by atoms with Crippen molar-refractivity contribution >= 4 is 11.7 Å². The smallest absolute Gasteiger partial charge is 0.276 e. The van der Waals surface area contributed by atoms with Crippen LogP contribution >= 0.6 is 0 Å². The Morgan fingerprint density at radius 1 is 1.09 bits per heavy atom. The molecule has 2 heterocycles. The van der Waals surface area contributed by atoms with E-state index in [1.54, 1.807) is 37.4 Å². The van der Waals surface area contributed by atoms with E-state index in [4.69, 9.17) is 14.0 Å². The van der Waals surface area contributed by atoms with Crippen molar-refractivity contribution in [2.45, 2.75) is 38.8 Å². The van der Waals surface area contributed by atoms with Gasteiger partial charge < -0.3 is 18.9 Å². The van der Waals surface area contributed by atoms with E-state index in [9.17, 15) is 9.59 Å². The number of rotatable bonds is 7. The van der Waals surface area contributed by atoms with Gasteiger partial charge in [-0.25, -0.2) is 0 Å². The second-order valence-corrected chi connectivity index (χ2v) is 7.83. The van der Waals surface area contributed by atoms with Crippen LogP contribution in [0.5, 0.6) is 11.5 Å². The molecule has 1 atom stereocenters. The fraction of sp³-hybridized carbons (Fsp3) is 0.320. The van der Waals surface area contributed by atoms with Gasteiger partial charge in [-0.2, -0.15) is 0 Å². The molecule has 4 rings (SSSR count). The van der Waals surface area contributed by atoms with Gasteiger partial charge in [-0.3, -0.25) is 9.59 Å². The summed E-state index contributed by atoms with van der Waals surface area (Å²) in [6, 6.07) is 16.3. The monoisotopic (exact) mass is 434 g/mol. The molecule has 1 aliphatic rings. The van der Waals surface area contributed by atoms with Crippen molar-refractivity contribution < 1.29 is 23.6 Å². The lowest BCUT2D eigenvalue weighted by Crippen LogP contribution is -2.38. The summed E-state index contributed by atoms with van der Waals surface area (Å²) in [5.41, 5.74) is 1.95. The third-order valence-corrected chi connectivity index (χ3v) is 5.66. The number of piperidine rings is 1. The van der Waals surface area contributed by atoms with Crippen molar-refractivity contribution in [3.05, 3.63) is 77.2 Å². The van der Waals surface area contributed by atoms with E-state index in [-0.39, 0.29) is 30.0 Å². The van der Waals surface area contributed by atoms with E-state index in [0.717, 1.165) is 30.6 Å². The highest BCUT2D eigenvalue weighted by Gasteiger charge is 2.30. The maximum absolute atomic E-state index is 13.2. The zero-order valence-electron chi connectivity index (χ0n) is 18.2. The van der Waals surface area contributed by atoms with Gasteiger partial charge in [-0.15, -0.1) is 0 Å². The summed E-state index contributed by atoms with van der Waals surface area (Å²) >= 11 is 0. The number of likely N-dealkylation sites (tertiary alicyclic amines) is 1. The van der Waals surface area contributed by atoms with Crippen LogP contribution in [0, 0.1) is 0 Å². The number of aromatic nitrogens is 1. The quantitative estimate of drug-likeness (QED) is 0.495. The minimum Gasteiger partial charge on any atom is -0.497 e. The Hall–Kier alpha value is -3.61. The van der Waals surface area contributed by atoms with Gasteiger partial charge in [0.05, 0.1) is 13.2 Å². The summed E-state index contributed by atoms with van der Waals surface area (Å²) in [5.74, 6) is 1.68. The summed E-state index contributed by atoms with van der Waals surface area (Å²) in [6.07, 6.45) is 2.91. The Labute approximate surface area is 186 Å². The molecule has 166 valence electrons. The Balaban J connectivity index is 1.44. The van der Waals surface area contributed by atoms with E-state index in [1.165, 1.54) is 6.92 Å². The predicted octanol–water partition coefficient (Wildman–Crippen LogP) is 4.83. The van der Waals surface area contributed by atoms with Gasteiger partial charge in [0.2, 0.25) is 0 Å². The average Bonchev–Trinajstić information content (AvgIpc) is 3.31. The number of Topliss-reactive ketones (excluding diaryl/α,β-unsaturated/α-hetero) is 1. The number of hydrogen-bond donors (Lipinski definition) is 0. The lowest BCUT2D eigenvalue weighted by Gasteiger charge is -2.35. The molecular weight excluding hydrogens is 408 g/mol. The number of ketones is 1. The van der Waals surface area contributed by atoms with Gasteiger partial charge in [0, 0.05) is 18.2 Å². The van der Waals surface area contributed by atoms with Crippen molar-refractivity contribution in [3.63, 3.8) is 0 Å². The Morgan fingerprint density at radius 2 is 1.91 bits per heavy atom. The van der Waals surface area contributed by atoms with Gasteiger partial charge in [0.1, 0.15) is 18.1 Å². The minimum absolute atomic E-state index is 0.0000904. The maximum Gasteiger partial charge on any atom is 0.276 e. The third-order valence-electron chi connectivity index (χ3n) is 5.66. The zero-order chi connectivity index (χ0) is 22.5. The molecule has 0 aliphatic carbocycles. The normalized spacial score (nSPS) is 15.9. The van der Waals surface area contributed by atoms with Crippen LogP contribution in [0.2, 0.25) is 0 Å². The largest absolute Gasteiger partial charge is 0.497 e. The van der Waals surface area contributed by atoms with Gasteiger partial charge in [-0.05, 0) is 68.1 Å². The van der Waals surface area contributed by atoms with Gasteiger partial charge in [0.15, 0.2) is 17.2 Å². The minimum atomic E-state index is -0.154. The molecule has 7 heteroatoms. The van der Waals surface area contributed by atoms with Crippen LogP contribution in [0.3, 0.4) is 0 Å². The van der Waals surface area contributed by atoms with Crippen molar-refractivity contribution in [1.82, 2.24) is 10.1 Å². The number of ether oxygens (including phenoxy) is 2. The molecule has 0 saturated carbocycles. The molecule has 1 amide bonds. The molecule has 1 aromatic heterocycles. The molecule has 1 aliphatic heterocycles. The summed E-state index contributed by atoms with van der Waals surface area (Å²) in [6.45, 7) is 2.32. The van der Waals surface area contributed by atoms with Crippen LogP contribution in [-0.4, -0.2) is 35.4 Å². The Bertz CT molecular complexity index is 1090. The summed E-state index contributed by atoms with van der Waals surface area (Å²) in [4.78, 5) is 26.5. The average molecular weight is 434 g/mol. The van der Waals surface area contributed by atoms with Crippen molar-refractivity contribution in [3.8, 4) is 11.5 Å². The van der Waals surface area contributed by atoms with Crippen LogP contribution in [0.1, 0.15) is 64.4 Å². The van der Waals surface area contributed by atoms with E-state index < -0.39 is 0 Å². The fourth-order valence-corrected chi connectivity index (χ4v) is 3.94. The molecule has 0 unspecified atom stereocenters. The first-order chi connectivity index (χ1) is 15.5. The Kier molecular flexibility index (Phi) is 6.54. The molecule has 3 aromatic rings. The molecule has 7 nitrogen and oxygen atoms in total. The van der Waals surface area contributed by atoms with Crippen LogP contribution in [0.25, 0.3) is 0 Å². The number of carbonyl (C=O) groups is 2. The van der Waals surface area contributed by atoms with Crippen molar-refractivity contribution in [1.29, 1.82) is 0 Å². The first kappa shape index (κ1) is 21.6. The predicted molar refractivity (Wildman–Crippen MR) is 118 cm³/mol. The summed E-state index contributed by atoms with van der Waals surface area (Å²) in [5, 5.41) is 3.99. The first-order valence-corrected chi connectivity index (χ1v) is 10.7. The lowest BCUT2D eigenvalue weighted by molar-refractivity contribution is 0.0600. The molecule has 32 heavy (non-hydrogen) atoms. The number of benzene rings is 2. The summed E-state index contributed by atoms with van der Waals surface area (Å²) in [7, 11) is 1.64. The molecule has 0 bridgehead atoms. The number of amides is 1. The summed E-state index contributed by atoms with van der Waals surface area (Å²) < 4.78 is 16.4. The molecule has 2 aromatic carbocycles. The molecule has 1 fully saturated rings. The number of nitrogens with zero attached hydrogens (tertiary/aromatic N) is 2. The van der Waals surface area contributed by atoms with Crippen LogP contribution < -0.4 is 9.47 Å². The number of hydrogen-bond acceptors (Lipinski definition) is 6. The SMILES string of the molecule is COc1cccc([C@H]2CCCCN2C(=O)c2cc(COc3ccc(C(C)=O)cc3)on2)c1. The highest BCUT2D eigenvalue weighted by molar-refractivity contribution is 5.94. The maximum atomic E-state index is 13.2. The van der Waals surface area contributed by atoms with Crippen molar-refractivity contribution in [2.75, 3.05) is 13.7 Å². The lowest BCUT2D eigenvalue weighted by atomic mass is 9.94. The molecule has 0 N–H and O–H groups in total. The van der Waals surface area contributed by atoms with Gasteiger partial charge in [0.25, 0.3) is 5.91 Å². The topological polar surface area (TPSA) is 81.9 Å². The molecule has 0 spiro atoms.